The standard InChI is InChI=1S/C20H18GeNSe.C11H8N.Ir/c1-21(2,3)16-11-7-10-15-18-17(23-20(15)16)12-13-22-19(18)14-8-5-4-6-9-14;1-2-6-10(7-3-1)11-8-4-5-9-12-11;/h4-8,10-13H,1-3H3;1-6,8-9H;/q2*-1;. The molecule has 2 nitrogen and oxygen atoms in total. The molecule has 3 heterocycles. The molecule has 0 bridgehead atoms. The summed E-state index contributed by atoms with van der Waals surface area (Å²) in [5, 5.41) is 2.76. The maximum atomic E-state index is 4.71. The third kappa shape index (κ3) is 5.80. The maximum absolute atomic E-state index is 4.71. The van der Waals surface area contributed by atoms with Gasteiger partial charge in [0.1, 0.15) is 0 Å². The van der Waals surface area contributed by atoms with E-state index in [-0.39, 0.29) is 20.1 Å². The first kappa shape index (κ1) is 26.7. The van der Waals surface area contributed by atoms with Crippen molar-refractivity contribution in [2.75, 3.05) is 0 Å². The summed E-state index contributed by atoms with van der Waals surface area (Å²) in [5.41, 5.74) is 4.19. The number of hydrogen-bond donors (Lipinski definition) is 0. The summed E-state index contributed by atoms with van der Waals surface area (Å²) in [7, 11) is 0. The normalized spacial score (nSPS) is 11.0. The Kier molecular flexibility index (Phi) is 8.77. The van der Waals surface area contributed by atoms with Crippen molar-refractivity contribution in [1.82, 2.24) is 9.97 Å². The summed E-state index contributed by atoms with van der Waals surface area (Å²) in [6.07, 6.45) is 3.75. The van der Waals surface area contributed by atoms with Crippen molar-refractivity contribution in [1.29, 1.82) is 0 Å². The fraction of sp³-hybridized carbons (Fsp3) is 0.0968. The van der Waals surface area contributed by atoms with Crippen LogP contribution in [-0.2, 0) is 20.1 Å². The molecule has 0 spiro atoms. The first-order valence-electron chi connectivity index (χ1n) is 11.7. The van der Waals surface area contributed by atoms with E-state index in [1.54, 1.807) is 14.9 Å². The topological polar surface area (TPSA) is 25.8 Å². The van der Waals surface area contributed by atoms with Gasteiger partial charge < -0.3 is 4.98 Å². The van der Waals surface area contributed by atoms with Gasteiger partial charge in [0.25, 0.3) is 0 Å². The Bertz CT molecular complexity index is 1520. The van der Waals surface area contributed by atoms with E-state index in [1.165, 1.54) is 15.0 Å². The zero-order valence-electron chi connectivity index (χ0n) is 20.5. The fourth-order valence-electron chi connectivity index (χ4n) is 4.15. The Morgan fingerprint density at radius 1 is 0.694 bits per heavy atom. The number of aromatic nitrogens is 2. The molecule has 0 N–H and O–H groups in total. The van der Waals surface area contributed by atoms with E-state index >= 15 is 0 Å². The van der Waals surface area contributed by atoms with E-state index in [2.05, 4.69) is 70.8 Å². The smallest absolute Gasteiger partial charge is 0.0160 e. The molecule has 0 aliphatic carbocycles. The number of nitrogens with zero attached hydrogens (tertiary/aromatic N) is 2. The molecule has 6 aromatic rings. The van der Waals surface area contributed by atoms with Crippen LogP contribution in [0.5, 0.6) is 0 Å². The van der Waals surface area contributed by atoms with E-state index in [1.807, 2.05) is 60.8 Å². The van der Waals surface area contributed by atoms with Crippen molar-refractivity contribution in [2.24, 2.45) is 0 Å². The molecular formula is C31H26GeIrN2Se-2. The van der Waals surface area contributed by atoms with Gasteiger partial charge in [-0.2, -0.15) is 0 Å². The SMILES string of the molecule is [CH3][Ge]([CH3])([CH3])[c]1cccc2c1[se]c1ccnc(-c3[c-]cccc3)c12.[Ir].[c-]1ccccc1-c1ccccn1. The van der Waals surface area contributed by atoms with Gasteiger partial charge in [-0.3, -0.25) is 0 Å². The molecule has 0 amide bonds. The summed E-state index contributed by atoms with van der Waals surface area (Å²) < 4.78 is 4.73. The molecule has 3 aromatic heterocycles. The van der Waals surface area contributed by atoms with E-state index < -0.39 is 13.3 Å². The number of rotatable bonds is 3. The average Bonchev–Trinajstić information content (AvgIpc) is 3.29. The summed E-state index contributed by atoms with van der Waals surface area (Å²) in [6.45, 7) is 0. The number of benzene rings is 3. The molecule has 0 unspecified atom stereocenters. The van der Waals surface area contributed by atoms with Gasteiger partial charge in [0, 0.05) is 26.3 Å². The van der Waals surface area contributed by atoms with E-state index in [0.717, 1.165) is 22.5 Å². The molecule has 6 rings (SSSR count). The zero-order chi connectivity index (χ0) is 24.3. The molecule has 181 valence electrons. The quantitative estimate of drug-likeness (QED) is 0.143. The van der Waals surface area contributed by atoms with Gasteiger partial charge in [0.15, 0.2) is 0 Å². The summed E-state index contributed by atoms with van der Waals surface area (Å²) >= 11 is -1.47. The third-order valence-corrected chi connectivity index (χ3v) is 13.5. The van der Waals surface area contributed by atoms with Crippen molar-refractivity contribution >= 4 is 51.5 Å². The minimum atomic E-state index is -1.87. The second-order valence-corrected chi connectivity index (χ2v) is 22.1. The van der Waals surface area contributed by atoms with E-state index in [0.29, 0.717) is 14.5 Å². The van der Waals surface area contributed by atoms with Crippen LogP contribution in [-0.4, -0.2) is 37.7 Å². The monoisotopic (exact) mass is 773 g/mol. The van der Waals surface area contributed by atoms with Gasteiger partial charge in [-0.05, 0) is 11.8 Å². The summed E-state index contributed by atoms with van der Waals surface area (Å²) in [4.78, 5) is 8.92. The molecule has 0 atom stereocenters. The Morgan fingerprint density at radius 3 is 2.06 bits per heavy atom. The largest absolute Gasteiger partial charge is 0.305 e. The Labute approximate surface area is 235 Å². The van der Waals surface area contributed by atoms with Crippen LogP contribution in [0.3, 0.4) is 0 Å². The van der Waals surface area contributed by atoms with Gasteiger partial charge in [-0.1, -0.05) is 12.1 Å². The number of fused-ring (bicyclic) bond motifs is 3. The van der Waals surface area contributed by atoms with Gasteiger partial charge in [-0.25, -0.2) is 0 Å². The van der Waals surface area contributed by atoms with Crippen LogP contribution in [0.1, 0.15) is 0 Å². The van der Waals surface area contributed by atoms with Crippen LogP contribution in [0, 0.1) is 12.1 Å². The predicted octanol–water partition coefficient (Wildman–Crippen LogP) is 7.00. The van der Waals surface area contributed by atoms with Crippen LogP contribution in [0.4, 0.5) is 0 Å². The maximum Gasteiger partial charge on any atom is 0.0160 e. The van der Waals surface area contributed by atoms with Crippen LogP contribution in [0.2, 0.25) is 17.3 Å². The van der Waals surface area contributed by atoms with Gasteiger partial charge in [-0.15, -0.1) is 35.9 Å². The molecule has 36 heavy (non-hydrogen) atoms. The number of pyridine rings is 2. The van der Waals surface area contributed by atoms with Crippen LogP contribution in [0.15, 0.2) is 103 Å². The van der Waals surface area contributed by atoms with Crippen molar-refractivity contribution < 1.29 is 20.1 Å². The van der Waals surface area contributed by atoms with Gasteiger partial charge >= 0.3 is 146 Å². The summed E-state index contributed by atoms with van der Waals surface area (Å²) in [5.74, 6) is 7.45. The van der Waals surface area contributed by atoms with E-state index in [9.17, 15) is 0 Å². The fourth-order valence-corrected chi connectivity index (χ4v) is 13.4. The van der Waals surface area contributed by atoms with Crippen LogP contribution < -0.4 is 4.40 Å². The molecular weight excluding hydrogens is 744 g/mol. The first-order chi connectivity index (χ1) is 17.0. The molecule has 5 heteroatoms. The molecule has 1 radical (unpaired) electrons. The van der Waals surface area contributed by atoms with Crippen molar-refractivity contribution in [2.45, 2.75) is 17.3 Å². The van der Waals surface area contributed by atoms with Crippen LogP contribution >= 0.6 is 0 Å². The molecule has 0 aliphatic rings. The first-order valence-corrected chi connectivity index (χ1v) is 20.7. The van der Waals surface area contributed by atoms with Crippen molar-refractivity contribution in [3.63, 3.8) is 0 Å². The molecule has 0 saturated heterocycles. The van der Waals surface area contributed by atoms with Crippen LogP contribution in [0.25, 0.3) is 41.8 Å². The van der Waals surface area contributed by atoms with Gasteiger partial charge in [0.05, 0.1) is 0 Å². The van der Waals surface area contributed by atoms with E-state index in [4.69, 9.17) is 4.98 Å². The zero-order valence-corrected chi connectivity index (χ0v) is 26.7. The second-order valence-electron chi connectivity index (χ2n) is 9.33. The number of hydrogen-bond acceptors (Lipinski definition) is 2. The third-order valence-electron chi connectivity index (χ3n) is 5.83. The Hall–Kier alpha value is -2.33. The molecule has 0 saturated carbocycles. The van der Waals surface area contributed by atoms with Gasteiger partial charge in [0.2, 0.25) is 0 Å². The minimum absolute atomic E-state index is 0. The Balaban J connectivity index is 0.000000198. The predicted molar refractivity (Wildman–Crippen MR) is 152 cm³/mol. The average molecular weight is 770 g/mol. The molecule has 0 aliphatic heterocycles. The molecule has 0 fully saturated rings. The van der Waals surface area contributed by atoms with Crippen molar-refractivity contribution in [3.8, 4) is 22.5 Å². The minimum Gasteiger partial charge on any atom is -0.305 e. The van der Waals surface area contributed by atoms with Crippen molar-refractivity contribution in [3.05, 3.63) is 116 Å². The second kappa shape index (κ2) is 11.8. The summed E-state index contributed by atoms with van der Waals surface area (Å²) in [6, 6.07) is 37.4. The molecule has 3 aromatic carbocycles. The Morgan fingerprint density at radius 2 is 1.42 bits per heavy atom.